The molecule has 0 spiro atoms. The molecule has 0 aliphatic carbocycles. The monoisotopic (exact) mass is 376 g/mol. The van der Waals surface area contributed by atoms with Crippen LogP contribution in [0.2, 0.25) is 0 Å². The Labute approximate surface area is 162 Å². The number of phenolic OH excluding ortho intramolecular Hbond substituents is 1. The number of carbonyl (C=O) groups excluding carboxylic acids is 2. The van der Waals surface area contributed by atoms with Crippen LogP contribution in [-0.4, -0.2) is 30.1 Å². The van der Waals surface area contributed by atoms with Crippen molar-refractivity contribution in [1.29, 1.82) is 0 Å². The number of hydrogen-bond acceptors (Lipinski definition) is 4. The highest BCUT2D eigenvalue weighted by molar-refractivity contribution is 5.96. The molecule has 0 aliphatic rings. The van der Waals surface area contributed by atoms with Crippen LogP contribution in [0.25, 0.3) is 11.1 Å². The quantitative estimate of drug-likeness (QED) is 0.552. The molecule has 6 nitrogen and oxygen atoms in total. The van der Waals surface area contributed by atoms with Gasteiger partial charge in [0.15, 0.2) is 0 Å². The zero-order chi connectivity index (χ0) is 19.9. The summed E-state index contributed by atoms with van der Waals surface area (Å²) in [5, 5.41) is 12.4. The highest BCUT2D eigenvalue weighted by Gasteiger charge is 2.10. The number of nitrogens with one attached hydrogen (secondary N) is 1. The van der Waals surface area contributed by atoms with E-state index >= 15 is 0 Å². The second kappa shape index (κ2) is 8.73. The summed E-state index contributed by atoms with van der Waals surface area (Å²) in [6, 6.07) is 20.7. The number of amides is 2. The standard InChI is InChI=1S/C22H20N2O4/c23-21(26)19-9-1-2-10-20(19)28-12-11-24-22(27)17-7-3-5-15(13-17)16-6-4-8-18(25)14-16/h1-10,13-14,25H,11-12H2,(H2,23,26)(H,24,27). The molecule has 4 N–H and O–H groups in total. The SMILES string of the molecule is NC(=O)c1ccccc1OCCNC(=O)c1cccc(-c2cccc(O)c2)c1. The van der Waals surface area contributed by atoms with Crippen molar-refractivity contribution in [3.05, 3.63) is 83.9 Å². The largest absolute Gasteiger partial charge is 0.508 e. The van der Waals surface area contributed by atoms with Crippen molar-refractivity contribution in [2.75, 3.05) is 13.2 Å². The van der Waals surface area contributed by atoms with E-state index < -0.39 is 5.91 Å². The van der Waals surface area contributed by atoms with Crippen molar-refractivity contribution < 1.29 is 19.4 Å². The van der Waals surface area contributed by atoms with Gasteiger partial charge in [-0.1, -0.05) is 36.4 Å². The fourth-order valence-corrected chi connectivity index (χ4v) is 2.75. The van der Waals surface area contributed by atoms with Crippen molar-refractivity contribution in [2.45, 2.75) is 0 Å². The van der Waals surface area contributed by atoms with Gasteiger partial charge >= 0.3 is 0 Å². The van der Waals surface area contributed by atoms with Gasteiger partial charge in [-0.15, -0.1) is 0 Å². The second-order valence-corrected chi connectivity index (χ2v) is 6.10. The number of nitrogens with two attached hydrogens (primary N) is 1. The molecule has 142 valence electrons. The molecule has 6 heteroatoms. The van der Waals surface area contributed by atoms with Crippen LogP contribution >= 0.6 is 0 Å². The topological polar surface area (TPSA) is 102 Å². The molecule has 0 heterocycles. The first-order chi connectivity index (χ1) is 13.5. The van der Waals surface area contributed by atoms with Gasteiger partial charge in [0.25, 0.3) is 11.8 Å². The van der Waals surface area contributed by atoms with E-state index in [1.165, 1.54) is 0 Å². The summed E-state index contributed by atoms with van der Waals surface area (Å²) in [5.74, 6) is -0.256. The van der Waals surface area contributed by atoms with Gasteiger partial charge in [-0.25, -0.2) is 0 Å². The molecule has 0 aromatic heterocycles. The summed E-state index contributed by atoms with van der Waals surface area (Å²) in [4.78, 5) is 23.8. The van der Waals surface area contributed by atoms with Crippen molar-refractivity contribution >= 4 is 11.8 Å². The second-order valence-electron chi connectivity index (χ2n) is 6.10. The van der Waals surface area contributed by atoms with E-state index in [4.69, 9.17) is 10.5 Å². The van der Waals surface area contributed by atoms with E-state index in [9.17, 15) is 14.7 Å². The van der Waals surface area contributed by atoms with E-state index in [1.54, 1.807) is 60.7 Å². The number of aromatic hydroxyl groups is 1. The van der Waals surface area contributed by atoms with Crippen LogP contribution in [0.3, 0.4) is 0 Å². The third kappa shape index (κ3) is 4.67. The van der Waals surface area contributed by atoms with Crippen LogP contribution < -0.4 is 15.8 Å². The first kappa shape index (κ1) is 19.0. The highest BCUT2D eigenvalue weighted by atomic mass is 16.5. The highest BCUT2D eigenvalue weighted by Crippen LogP contribution is 2.24. The minimum Gasteiger partial charge on any atom is -0.508 e. The number of para-hydroxylation sites is 1. The normalized spacial score (nSPS) is 10.3. The maximum atomic E-state index is 12.4. The first-order valence-electron chi connectivity index (χ1n) is 8.74. The zero-order valence-corrected chi connectivity index (χ0v) is 15.1. The lowest BCUT2D eigenvalue weighted by atomic mass is 10.0. The Bertz CT molecular complexity index is 1000. The predicted molar refractivity (Wildman–Crippen MR) is 106 cm³/mol. The van der Waals surface area contributed by atoms with Crippen LogP contribution in [0, 0.1) is 0 Å². The lowest BCUT2D eigenvalue weighted by Crippen LogP contribution is -2.28. The summed E-state index contributed by atoms with van der Waals surface area (Å²) < 4.78 is 5.55. The summed E-state index contributed by atoms with van der Waals surface area (Å²) in [6.07, 6.45) is 0. The van der Waals surface area contributed by atoms with Crippen molar-refractivity contribution in [1.82, 2.24) is 5.32 Å². The zero-order valence-electron chi connectivity index (χ0n) is 15.1. The Morgan fingerprint density at radius 2 is 1.64 bits per heavy atom. The average Bonchev–Trinajstić information content (AvgIpc) is 2.71. The molecule has 0 saturated heterocycles. The fourth-order valence-electron chi connectivity index (χ4n) is 2.75. The third-order valence-corrected chi connectivity index (χ3v) is 4.10. The third-order valence-electron chi connectivity index (χ3n) is 4.10. The smallest absolute Gasteiger partial charge is 0.252 e. The molecule has 3 aromatic carbocycles. The fraction of sp³-hybridized carbons (Fsp3) is 0.0909. The molecular weight excluding hydrogens is 356 g/mol. The maximum absolute atomic E-state index is 12.4. The molecule has 3 rings (SSSR count). The van der Waals surface area contributed by atoms with E-state index in [0.29, 0.717) is 16.9 Å². The molecule has 0 unspecified atom stereocenters. The van der Waals surface area contributed by atoms with Crippen LogP contribution in [-0.2, 0) is 0 Å². The molecule has 0 saturated carbocycles. The van der Waals surface area contributed by atoms with Crippen LogP contribution in [0.1, 0.15) is 20.7 Å². The number of rotatable bonds is 7. The van der Waals surface area contributed by atoms with Crippen LogP contribution in [0.15, 0.2) is 72.8 Å². The lowest BCUT2D eigenvalue weighted by molar-refractivity contribution is 0.0943. The van der Waals surface area contributed by atoms with E-state index in [0.717, 1.165) is 11.1 Å². The Kier molecular flexibility index (Phi) is 5.91. The minimum atomic E-state index is -0.566. The van der Waals surface area contributed by atoms with Crippen molar-refractivity contribution in [3.8, 4) is 22.6 Å². The van der Waals surface area contributed by atoms with Crippen LogP contribution in [0.5, 0.6) is 11.5 Å². The van der Waals surface area contributed by atoms with Crippen molar-refractivity contribution in [3.63, 3.8) is 0 Å². The predicted octanol–water partition coefficient (Wildman–Crippen LogP) is 2.97. The number of hydrogen-bond donors (Lipinski definition) is 3. The van der Waals surface area contributed by atoms with Gasteiger partial charge in [0.05, 0.1) is 12.1 Å². The van der Waals surface area contributed by atoms with Crippen molar-refractivity contribution in [2.24, 2.45) is 5.73 Å². The molecule has 3 aromatic rings. The Morgan fingerprint density at radius 3 is 2.39 bits per heavy atom. The molecule has 2 amide bonds. The number of ether oxygens (including phenoxy) is 1. The van der Waals surface area contributed by atoms with E-state index in [-0.39, 0.29) is 24.8 Å². The first-order valence-corrected chi connectivity index (χ1v) is 8.74. The average molecular weight is 376 g/mol. The van der Waals surface area contributed by atoms with E-state index in [2.05, 4.69) is 5.32 Å². The number of carbonyl (C=O) groups is 2. The number of primary amides is 1. The minimum absolute atomic E-state index is 0.167. The van der Waals surface area contributed by atoms with Gasteiger partial charge in [-0.2, -0.15) is 0 Å². The Hall–Kier alpha value is -3.80. The molecule has 0 bridgehead atoms. The number of benzene rings is 3. The number of phenols is 1. The van der Waals surface area contributed by atoms with Gasteiger partial charge in [0.2, 0.25) is 0 Å². The molecule has 0 atom stereocenters. The van der Waals surface area contributed by atoms with Gasteiger partial charge in [0.1, 0.15) is 18.1 Å². The van der Waals surface area contributed by atoms with Crippen LogP contribution in [0.4, 0.5) is 0 Å². The van der Waals surface area contributed by atoms with Gasteiger partial charge in [0, 0.05) is 5.56 Å². The summed E-state index contributed by atoms with van der Waals surface area (Å²) in [5.41, 5.74) is 7.76. The van der Waals surface area contributed by atoms with E-state index in [1.807, 2.05) is 12.1 Å². The molecular formula is C22H20N2O4. The molecule has 28 heavy (non-hydrogen) atoms. The molecule has 0 radical (unpaired) electrons. The summed E-state index contributed by atoms with van der Waals surface area (Å²) >= 11 is 0. The van der Waals surface area contributed by atoms with Gasteiger partial charge in [-0.05, 0) is 47.5 Å². The molecule has 0 fully saturated rings. The Balaban J connectivity index is 1.59. The van der Waals surface area contributed by atoms with Gasteiger partial charge < -0.3 is 20.9 Å². The summed E-state index contributed by atoms with van der Waals surface area (Å²) in [7, 11) is 0. The molecule has 0 aliphatic heterocycles. The summed E-state index contributed by atoms with van der Waals surface area (Å²) in [6.45, 7) is 0.463. The maximum Gasteiger partial charge on any atom is 0.252 e. The lowest BCUT2D eigenvalue weighted by Gasteiger charge is -2.11. The Morgan fingerprint density at radius 1 is 0.929 bits per heavy atom. The van der Waals surface area contributed by atoms with Gasteiger partial charge in [-0.3, -0.25) is 9.59 Å².